The maximum atomic E-state index is 12.7. The number of para-hydroxylation sites is 1. The molecule has 0 aliphatic rings. The molecule has 0 aliphatic heterocycles. The van der Waals surface area contributed by atoms with E-state index in [1.165, 1.54) is 0 Å². The molecule has 2 aromatic heterocycles. The van der Waals surface area contributed by atoms with Crippen LogP contribution in [0.4, 0.5) is 5.82 Å². The van der Waals surface area contributed by atoms with Gasteiger partial charge in [-0.1, -0.05) is 53.7 Å². The van der Waals surface area contributed by atoms with Crippen molar-refractivity contribution in [2.75, 3.05) is 5.32 Å². The second-order valence-electron chi connectivity index (χ2n) is 6.88. The monoisotopic (exact) mass is 386 g/mol. The van der Waals surface area contributed by atoms with E-state index >= 15 is 0 Å². The van der Waals surface area contributed by atoms with Gasteiger partial charge in [0.15, 0.2) is 0 Å². The number of anilines is 1. The minimum absolute atomic E-state index is 0.0818. The molecule has 0 atom stereocenters. The summed E-state index contributed by atoms with van der Waals surface area (Å²) < 4.78 is 6.94. The molecule has 4 rings (SSSR count). The van der Waals surface area contributed by atoms with E-state index < -0.39 is 0 Å². The van der Waals surface area contributed by atoms with Crippen molar-refractivity contribution >= 4 is 11.7 Å². The molecule has 6 nitrogen and oxygen atoms in total. The minimum Gasteiger partial charge on any atom is -0.361 e. The number of aryl methyl sites for hydroxylation is 2. The lowest BCUT2D eigenvalue weighted by atomic mass is 10.1. The number of hydrogen-bond acceptors (Lipinski definition) is 4. The van der Waals surface area contributed by atoms with Gasteiger partial charge in [-0.05, 0) is 32.4 Å². The number of nitrogens with zero attached hydrogens (tertiary/aromatic N) is 3. The molecule has 0 aliphatic carbocycles. The van der Waals surface area contributed by atoms with Crippen molar-refractivity contribution < 1.29 is 9.32 Å². The quantitative estimate of drug-likeness (QED) is 0.521. The summed E-state index contributed by atoms with van der Waals surface area (Å²) >= 11 is 0. The molecule has 0 spiro atoms. The first kappa shape index (κ1) is 18.7. The third kappa shape index (κ3) is 4.11. The molecule has 0 saturated carbocycles. The third-order valence-electron chi connectivity index (χ3n) is 4.83. The van der Waals surface area contributed by atoms with Crippen molar-refractivity contribution in [3.05, 3.63) is 83.7 Å². The van der Waals surface area contributed by atoms with Gasteiger partial charge >= 0.3 is 0 Å². The van der Waals surface area contributed by atoms with Crippen molar-refractivity contribution in [1.82, 2.24) is 14.9 Å². The molecule has 0 radical (unpaired) electrons. The normalized spacial score (nSPS) is 10.8. The number of hydrogen-bond donors (Lipinski definition) is 1. The molecule has 2 heterocycles. The maximum Gasteiger partial charge on any atom is 0.225 e. The van der Waals surface area contributed by atoms with E-state index in [2.05, 4.69) is 10.5 Å². The van der Waals surface area contributed by atoms with Crippen LogP contribution in [-0.2, 0) is 11.2 Å². The summed E-state index contributed by atoms with van der Waals surface area (Å²) in [6.45, 7) is 3.75. The molecule has 0 fully saturated rings. The zero-order chi connectivity index (χ0) is 20.2. The smallest absolute Gasteiger partial charge is 0.225 e. The Hall–Kier alpha value is -3.67. The molecule has 29 heavy (non-hydrogen) atoms. The minimum atomic E-state index is -0.0818. The highest BCUT2D eigenvalue weighted by Crippen LogP contribution is 2.25. The Labute approximate surface area is 169 Å². The summed E-state index contributed by atoms with van der Waals surface area (Å²) in [5, 5.41) is 11.7. The van der Waals surface area contributed by atoms with Crippen molar-refractivity contribution in [3.8, 4) is 16.9 Å². The Kier molecular flexibility index (Phi) is 5.24. The lowest BCUT2D eigenvalue weighted by Gasteiger charge is -2.08. The van der Waals surface area contributed by atoms with Crippen LogP contribution in [0, 0.1) is 13.8 Å². The van der Waals surface area contributed by atoms with Gasteiger partial charge in [-0.3, -0.25) is 4.79 Å². The Morgan fingerprint density at radius 3 is 2.38 bits per heavy atom. The van der Waals surface area contributed by atoms with Crippen molar-refractivity contribution in [1.29, 1.82) is 0 Å². The van der Waals surface area contributed by atoms with Gasteiger partial charge in [0.25, 0.3) is 0 Å². The van der Waals surface area contributed by atoms with Crippen molar-refractivity contribution in [2.45, 2.75) is 26.7 Å². The number of benzene rings is 2. The van der Waals surface area contributed by atoms with Crippen LogP contribution < -0.4 is 5.32 Å². The van der Waals surface area contributed by atoms with Crippen molar-refractivity contribution in [3.63, 3.8) is 0 Å². The van der Waals surface area contributed by atoms with Gasteiger partial charge in [-0.2, -0.15) is 5.10 Å². The molecule has 0 unspecified atom stereocenters. The summed E-state index contributed by atoms with van der Waals surface area (Å²) in [6, 6.07) is 21.6. The fraction of sp³-hybridized carbons (Fsp3) is 0.174. The Morgan fingerprint density at radius 1 is 1.03 bits per heavy atom. The predicted molar refractivity (Wildman–Crippen MR) is 112 cm³/mol. The molecule has 1 N–H and O–H groups in total. The summed E-state index contributed by atoms with van der Waals surface area (Å²) in [5.41, 5.74) is 4.50. The first-order chi connectivity index (χ1) is 14.1. The van der Waals surface area contributed by atoms with Gasteiger partial charge in [-0.15, -0.1) is 0 Å². The SMILES string of the molecule is Cc1noc(C)c1CCC(=O)Nc1cc(-c2ccccc2)nn1-c1ccccc1. The van der Waals surface area contributed by atoms with Gasteiger partial charge in [-0.25, -0.2) is 4.68 Å². The van der Waals surface area contributed by atoms with Gasteiger partial charge < -0.3 is 9.84 Å². The first-order valence-electron chi connectivity index (χ1n) is 9.54. The van der Waals surface area contributed by atoms with Gasteiger partial charge in [0.05, 0.1) is 17.1 Å². The van der Waals surface area contributed by atoms with E-state index in [4.69, 9.17) is 9.62 Å². The Balaban J connectivity index is 1.58. The van der Waals surface area contributed by atoms with Gasteiger partial charge in [0.1, 0.15) is 11.6 Å². The molecule has 4 aromatic rings. The summed E-state index contributed by atoms with van der Waals surface area (Å²) in [5.74, 6) is 1.32. The topological polar surface area (TPSA) is 73.0 Å². The number of aromatic nitrogens is 3. The average molecular weight is 386 g/mol. The maximum absolute atomic E-state index is 12.7. The molecule has 6 heteroatoms. The number of amides is 1. The second kappa shape index (κ2) is 8.14. The lowest BCUT2D eigenvalue weighted by Crippen LogP contribution is -2.15. The van der Waals surface area contributed by atoms with Crippen LogP contribution in [-0.4, -0.2) is 20.8 Å². The van der Waals surface area contributed by atoms with Crippen LogP contribution in [0.2, 0.25) is 0 Å². The predicted octanol–water partition coefficient (Wildman–Crippen LogP) is 4.72. The number of nitrogens with one attached hydrogen (secondary N) is 1. The van der Waals surface area contributed by atoms with E-state index in [1.807, 2.05) is 80.6 Å². The lowest BCUT2D eigenvalue weighted by molar-refractivity contribution is -0.116. The fourth-order valence-corrected chi connectivity index (χ4v) is 3.29. The largest absolute Gasteiger partial charge is 0.361 e. The number of carbonyl (C=O) groups excluding carboxylic acids is 1. The zero-order valence-corrected chi connectivity index (χ0v) is 16.4. The Morgan fingerprint density at radius 2 is 1.72 bits per heavy atom. The van der Waals surface area contributed by atoms with Crippen LogP contribution in [0.3, 0.4) is 0 Å². The Bertz CT molecular complexity index is 1100. The van der Waals surface area contributed by atoms with Crippen LogP contribution in [0.5, 0.6) is 0 Å². The van der Waals surface area contributed by atoms with Crippen LogP contribution >= 0.6 is 0 Å². The fourth-order valence-electron chi connectivity index (χ4n) is 3.29. The van der Waals surface area contributed by atoms with Gasteiger partial charge in [0.2, 0.25) is 5.91 Å². The van der Waals surface area contributed by atoms with E-state index in [1.54, 1.807) is 4.68 Å². The van der Waals surface area contributed by atoms with Crippen LogP contribution in [0.15, 0.2) is 71.3 Å². The summed E-state index contributed by atoms with van der Waals surface area (Å²) in [4.78, 5) is 12.7. The second-order valence-corrected chi connectivity index (χ2v) is 6.88. The first-order valence-corrected chi connectivity index (χ1v) is 9.54. The van der Waals surface area contributed by atoms with E-state index in [0.717, 1.165) is 34.0 Å². The van der Waals surface area contributed by atoms with Crippen LogP contribution in [0.25, 0.3) is 16.9 Å². The van der Waals surface area contributed by atoms with Crippen molar-refractivity contribution in [2.24, 2.45) is 0 Å². The molecule has 0 bridgehead atoms. The average Bonchev–Trinajstić information content (AvgIpc) is 3.31. The van der Waals surface area contributed by atoms with E-state index in [-0.39, 0.29) is 5.91 Å². The zero-order valence-electron chi connectivity index (χ0n) is 16.4. The van der Waals surface area contributed by atoms with Crippen LogP contribution in [0.1, 0.15) is 23.4 Å². The molecular formula is C23H22N4O2. The molecule has 1 amide bonds. The van der Waals surface area contributed by atoms with Gasteiger partial charge in [0, 0.05) is 23.6 Å². The highest BCUT2D eigenvalue weighted by Gasteiger charge is 2.15. The van der Waals surface area contributed by atoms with E-state index in [9.17, 15) is 4.79 Å². The third-order valence-corrected chi connectivity index (χ3v) is 4.83. The number of carbonyl (C=O) groups is 1. The molecule has 2 aromatic carbocycles. The standard InChI is InChI=1S/C23H22N4O2/c1-16-20(17(2)29-26-16)13-14-23(28)24-22-15-21(18-9-5-3-6-10-18)25-27(22)19-11-7-4-8-12-19/h3-12,15H,13-14H2,1-2H3,(H,24,28). The molecule has 0 saturated heterocycles. The molecular weight excluding hydrogens is 364 g/mol. The number of rotatable bonds is 6. The highest BCUT2D eigenvalue weighted by atomic mass is 16.5. The summed E-state index contributed by atoms with van der Waals surface area (Å²) in [6.07, 6.45) is 0.918. The van der Waals surface area contributed by atoms with E-state index in [0.29, 0.717) is 18.7 Å². The molecule has 146 valence electrons. The summed E-state index contributed by atoms with van der Waals surface area (Å²) in [7, 11) is 0. The highest BCUT2D eigenvalue weighted by molar-refractivity contribution is 5.91.